The molecule has 18 aromatic rings. The molecule has 0 bridgehead atoms. The number of rotatable bonds is 4. The van der Waals surface area contributed by atoms with E-state index >= 15 is 0 Å². The number of halogens is 1. The highest BCUT2D eigenvalue weighted by molar-refractivity contribution is 6.62. The van der Waals surface area contributed by atoms with Gasteiger partial charge in [-0.25, -0.2) is 19.9 Å². The molecule has 7 aliphatic rings. The number of aromatic nitrogens is 4. The molecule has 3 heterocycles. The topological polar surface area (TPSA) is 70.0 Å². The third kappa shape index (κ3) is 8.95. The van der Waals surface area contributed by atoms with Gasteiger partial charge in [0.15, 0.2) is 5.82 Å². The molecular formula is C104H68BClN4O2. The summed E-state index contributed by atoms with van der Waals surface area (Å²) >= 11 is 5.95. The summed E-state index contributed by atoms with van der Waals surface area (Å²) in [6.45, 7) is 8.51. The average molecular weight is 1450 g/mol. The van der Waals surface area contributed by atoms with Crippen molar-refractivity contribution in [3.63, 3.8) is 0 Å². The molecule has 112 heavy (non-hydrogen) atoms. The fourth-order valence-corrected chi connectivity index (χ4v) is 20.3. The van der Waals surface area contributed by atoms with E-state index in [0.717, 1.165) is 61.2 Å². The second-order valence-electron chi connectivity index (χ2n) is 31.6. The van der Waals surface area contributed by atoms with Gasteiger partial charge in [-0.05, 0) is 230 Å². The summed E-state index contributed by atoms with van der Waals surface area (Å²) in [4.78, 5) is 19.0. The normalized spacial score (nSPS) is 16.7. The van der Waals surface area contributed by atoms with E-state index < -0.39 is 29.2 Å². The lowest BCUT2D eigenvalue weighted by Crippen LogP contribution is -2.41. The fourth-order valence-electron chi connectivity index (χ4n) is 20.2. The Morgan fingerprint density at radius 3 is 1.12 bits per heavy atom. The van der Waals surface area contributed by atoms with Gasteiger partial charge in [0.25, 0.3) is 0 Å². The summed E-state index contributed by atoms with van der Waals surface area (Å²) < 4.78 is 13.2. The van der Waals surface area contributed by atoms with Crippen molar-refractivity contribution in [3.05, 3.63) is 390 Å². The molecule has 2 aromatic heterocycles. The van der Waals surface area contributed by atoms with Crippen molar-refractivity contribution in [2.75, 3.05) is 0 Å². The van der Waals surface area contributed by atoms with Gasteiger partial charge < -0.3 is 9.31 Å². The van der Waals surface area contributed by atoms with Crippen molar-refractivity contribution in [3.8, 4) is 123 Å². The summed E-state index contributed by atoms with van der Waals surface area (Å²) in [7, 11) is -0.425. The van der Waals surface area contributed by atoms with Crippen LogP contribution in [0.2, 0.25) is 5.28 Å². The van der Waals surface area contributed by atoms with Crippen molar-refractivity contribution in [2.24, 2.45) is 0 Å². The molecule has 16 aromatic carbocycles. The second-order valence-corrected chi connectivity index (χ2v) is 31.9. The molecule has 0 saturated carbocycles. The molecule has 8 heteroatoms. The Kier molecular flexibility index (Phi) is 13.9. The second kappa shape index (κ2) is 24.0. The zero-order valence-corrected chi connectivity index (χ0v) is 62.6. The molecule has 0 N–H and O–H groups in total. The lowest BCUT2D eigenvalue weighted by Gasteiger charge is -2.32. The lowest BCUT2D eigenvalue weighted by molar-refractivity contribution is 0.00578. The first kappa shape index (κ1) is 64.9. The highest BCUT2D eigenvalue weighted by Gasteiger charge is 2.57. The zero-order valence-electron chi connectivity index (χ0n) is 61.9. The predicted octanol–water partition coefficient (Wildman–Crippen LogP) is 25.2. The SMILES string of the molecule is CC1(C)OB(c2ccc3c(c2)C2(c4ccccc4-3)c3ccccc3-c3c2cc2c4c(cccc34)-c3ccccc3-2)OC1(C)C.Clc1nc(-c2ccccc2)c2ccccc2n1.c1ccc(-c2nc(-c3ccc4c(c3)C3(c5ccccc5-4)c4ccccc4-c4c3cc3c5c(cccc45)-c4ccccc4-3)nc3ccccc23)cc1. The molecule has 0 radical (unpaired) electrons. The maximum Gasteiger partial charge on any atom is 0.494 e. The van der Waals surface area contributed by atoms with Gasteiger partial charge in [0.1, 0.15) is 0 Å². The monoisotopic (exact) mass is 1450 g/mol. The number of hydrogen-bond donors (Lipinski definition) is 0. The minimum absolute atomic E-state index is 0.280. The van der Waals surface area contributed by atoms with Gasteiger partial charge in [-0.2, -0.15) is 0 Å². The summed E-state index contributed by atoms with van der Waals surface area (Å²) in [5, 5.41) is 7.75. The van der Waals surface area contributed by atoms with Gasteiger partial charge >= 0.3 is 7.12 Å². The van der Waals surface area contributed by atoms with E-state index in [1.165, 1.54) is 155 Å². The molecule has 2 spiro atoms. The van der Waals surface area contributed by atoms with Crippen LogP contribution in [0.25, 0.3) is 166 Å². The van der Waals surface area contributed by atoms with Crippen LogP contribution in [0.4, 0.5) is 0 Å². The quantitative estimate of drug-likeness (QED) is 0.129. The van der Waals surface area contributed by atoms with Gasteiger partial charge in [0, 0.05) is 27.5 Å². The smallest absolute Gasteiger partial charge is 0.399 e. The average Bonchev–Trinajstić information content (AvgIpc) is 1.50. The Hall–Kier alpha value is -13.0. The molecule has 1 aliphatic heterocycles. The van der Waals surface area contributed by atoms with Gasteiger partial charge in [-0.1, -0.05) is 309 Å². The van der Waals surface area contributed by atoms with E-state index in [1.807, 2.05) is 54.6 Å². The summed E-state index contributed by atoms with van der Waals surface area (Å²) in [5.74, 6) is 0.739. The third-order valence-electron chi connectivity index (χ3n) is 25.5. The summed E-state index contributed by atoms with van der Waals surface area (Å²) in [6.07, 6.45) is 0. The van der Waals surface area contributed by atoms with Crippen LogP contribution in [0.5, 0.6) is 0 Å². The Labute approximate surface area is 654 Å². The number of hydrogen-bond acceptors (Lipinski definition) is 6. The first-order valence-corrected chi connectivity index (χ1v) is 39.1. The van der Waals surface area contributed by atoms with Crippen LogP contribution in [0, 0.1) is 0 Å². The van der Waals surface area contributed by atoms with Crippen molar-refractivity contribution in [1.82, 2.24) is 19.9 Å². The molecule has 0 amide bonds. The summed E-state index contributed by atoms with van der Waals surface area (Å²) in [6, 6.07) is 123. The zero-order chi connectivity index (χ0) is 74.5. The molecule has 1 saturated heterocycles. The van der Waals surface area contributed by atoms with Crippen LogP contribution in [0.1, 0.15) is 72.2 Å². The van der Waals surface area contributed by atoms with Gasteiger partial charge in [0.2, 0.25) is 5.28 Å². The van der Waals surface area contributed by atoms with Crippen molar-refractivity contribution >= 4 is 67.5 Å². The Bertz CT molecular complexity index is 7120. The van der Waals surface area contributed by atoms with Crippen molar-refractivity contribution in [2.45, 2.75) is 49.7 Å². The number of benzene rings is 16. The van der Waals surface area contributed by atoms with E-state index in [2.05, 4.69) is 323 Å². The van der Waals surface area contributed by atoms with Crippen LogP contribution >= 0.6 is 11.6 Å². The van der Waals surface area contributed by atoms with Crippen LogP contribution in [0.15, 0.2) is 340 Å². The molecule has 526 valence electrons. The first-order chi connectivity index (χ1) is 55.0. The summed E-state index contributed by atoms with van der Waals surface area (Å²) in [5.41, 5.74) is 37.9. The van der Waals surface area contributed by atoms with Crippen LogP contribution in [-0.2, 0) is 20.1 Å². The minimum Gasteiger partial charge on any atom is -0.399 e. The van der Waals surface area contributed by atoms with E-state index in [1.54, 1.807) is 0 Å². The standard InChI is InChI=1S/C49H28N2.C41H31BO2.C14H9ClN2/c1-2-13-29(14-3-1)47-37-19-8-11-24-44(37)50-48(51-47)30-25-26-34-33-17-6-9-22-40(33)49(42(34)27-30)41-23-10-7-18-36(41)46-38-21-12-20-35-31-15-4-5-16-32(31)39(45(35)38)28-43(46)49;1-39(2)40(3,4)44-42(43-39)24-20-21-28-27-14-7-9-18-33(27)41(35(28)22-24)34-19-10-8-15-30(34)38-31-17-11-16-29-25-12-5-6-13-26(25)32(37(29)31)23-36(38)41;15-14-16-12-9-5-4-8-11(12)13(17-14)10-6-2-1-3-7-10/h1-28H;5-23H,1-4H3;1-9H. The maximum absolute atomic E-state index is 6.59. The molecular weight excluding hydrogens is 1380 g/mol. The highest BCUT2D eigenvalue weighted by Crippen LogP contribution is 2.68. The number of para-hydroxylation sites is 2. The molecule has 6 aliphatic carbocycles. The highest BCUT2D eigenvalue weighted by atomic mass is 35.5. The predicted molar refractivity (Wildman–Crippen MR) is 459 cm³/mol. The maximum atomic E-state index is 6.59. The number of nitrogens with zero attached hydrogens (tertiary/aromatic N) is 4. The lowest BCUT2D eigenvalue weighted by atomic mass is 9.68. The van der Waals surface area contributed by atoms with E-state index in [0.29, 0.717) is 0 Å². The molecule has 6 nitrogen and oxygen atoms in total. The van der Waals surface area contributed by atoms with Crippen LogP contribution in [0.3, 0.4) is 0 Å². The van der Waals surface area contributed by atoms with Crippen molar-refractivity contribution < 1.29 is 9.31 Å². The first-order valence-electron chi connectivity index (χ1n) is 38.7. The Balaban J connectivity index is 0.000000111. The largest absolute Gasteiger partial charge is 0.494 e. The molecule has 2 unspecified atom stereocenters. The van der Waals surface area contributed by atoms with Gasteiger partial charge in [0.05, 0.1) is 44.5 Å². The third-order valence-corrected chi connectivity index (χ3v) is 25.7. The van der Waals surface area contributed by atoms with E-state index in [4.69, 9.17) is 30.9 Å². The Morgan fingerprint density at radius 1 is 0.259 bits per heavy atom. The van der Waals surface area contributed by atoms with Crippen LogP contribution in [-0.4, -0.2) is 38.3 Å². The van der Waals surface area contributed by atoms with Crippen LogP contribution < -0.4 is 5.46 Å². The molecule has 25 rings (SSSR count). The van der Waals surface area contributed by atoms with Gasteiger partial charge in [-0.3, -0.25) is 0 Å². The van der Waals surface area contributed by atoms with Gasteiger partial charge in [-0.15, -0.1) is 0 Å². The minimum atomic E-state index is -0.495. The van der Waals surface area contributed by atoms with E-state index in [9.17, 15) is 0 Å². The number of fused-ring (bicyclic) bond motifs is 30. The Morgan fingerprint density at radius 2 is 0.625 bits per heavy atom. The fraction of sp³-hybridized carbons (Fsp3) is 0.0769. The molecule has 1 fully saturated rings. The van der Waals surface area contributed by atoms with E-state index in [-0.39, 0.29) is 5.28 Å². The van der Waals surface area contributed by atoms with Crippen molar-refractivity contribution in [1.29, 1.82) is 0 Å². The molecule has 2 atom stereocenters.